The summed E-state index contributed by atoms with van der Waals surface area (Å²) >= 11 is 0. The molecule has 0 aliphatic carbocycles. The Morgan fingerprint density at radius 2 is 1.53 bits per heavy atom. The first-order chi connectivity index (χ1) is 6.54. The third kappa shape index (κ3) is 5.53. The molecule has 0 amide bonds. The summed E-state index contributed by atoms with van der Waals surface area (Å²) < 4.78 is 0. The van der Waals surface area contributed by atoms with Crippen LogP contribution in [0.2, 0.25) is 0 Å². The molecular weight excluding hydrogens is 206 g/mol. The predicted octanol–water partition coefficient (Wildman–Crippen LogP) is -1.63. The molecule has 4 atom stereocenters. The summed E-state index contributed by atoms with van der Waals surface area (Å²) in [5, 5.41) is 47.7. The van der Waals surface area contributed by atoms with Gasteiger partial charge >= 0.3 is 0 Å². The van der Waals surface area contributed by atoms with Crippen molar-refractivity contribution < 1.29 is 25.5 Å². The summed E-state index contributed by atoms with van der Waals surface area (Å²) in [5.74, 6) is 0. The van der Waals surface area contributed by atoms with E-state index in [1.165, 1.54) is 0 Å². The van der Waals surface area contributed by atoms with Gasteiger partial charge in [-0.2, -0.15) is 0 Å². The Hall–Kier alpha value is -0.890. The van der Waals surface area contributed by atoms with Gasteiger partial charge in [-0.1, -0.05) is 12.5 Å². The third-order valence-electron chi connectivity index (χ3n) is 1.66. The minimum Gasteiger partial charge on any atom is -0.394 e. The maximum absolute atomic E-state index is 9.16. The summed E-state index contributed by atoms with van der Waals surface area (Å²) in [7, 11) is 0. The number of nitrogens with zero attached hydrogens (tertiary/aromatic N) is 3. The second-order valence-corrected chi connectivity index (χ2v) is 2.71. The van der Waals surface area contributed by atoms with Gasteiger partial charge in [0.25, 0.3) is 0 Å². The van der Waals surface area contributed by atoms with Crippen LogP contribution in [0.3, 0.4) is 0 Å². The zero-order chi connectivity index (χ0) is 11.1. The van der Waals surface area contributed by atoms with Crippen molar-refractivity contribution in [2.24, 2.45) is 5.11 Å². The molecule has 0 aromatic heterocycles. The standard InChI is InChI=1S/C6H13N3O5.CH4/c7-9-8-1-3(11)5(13)6(14)4(12)2-10;/h3-6,10-14H,1-2H2;1H4/t3-,4+,5+,6+;/m0./s1. The monoisotopic (exact) mass is 223 g/mol. The van der Waals surface area contributed by atoms with Gasteiger partial charge in [0.1, 0.15) is 18.3 Å². The molecule has 90 valence electrons. The van der Waals surface area contributed by atoms with Crippen LogP contribution in [0.15, 0.2) is 5.11 Å². The lowest BCUT2D eigenvalue weighted by atomic mass is 10.0. The van der Waals surface area contributed by atoms with E-state index < -0.39 is 37.6 Å². The van der Waals surface area contributed by atoms with E-state index in [9.17, 15) is 0 Å². The van der Waals surface area contributed by atoms with Crippen molar-refractivity contribution in [1.29, 1.82) is 0 Å². The van der Waals surface area contributed by atoms with Crippen LogP contribution in [-0.4, -0.2) is 63.1 Å². The van der Waals surface area contributed by atoms with E-state index in [4.69, 9.17) is 31.1 Å². The van der Waals surface area contributed by atoms with Gasteiger partial charge in [0, 0.05) is 4.91 Å². The van der Waals surface area contributed by atoms with Crippen LogP contribution in [0.5, 0.6) is 0 Å². The Bertz CT molecular complexity index is 209. The lowest BCUT2D eigenvalue weighted by Crippen LogP contribution is -2.46. The molecule has 0 unspecified atom stereocenters. The Labute approximate surface area is 87.0 Å². The Balaban J connectivity index is 0. The van der Waals surface area contributed by atoms with E-state index >= 15 is 0 Å². The van der Waals surface area contributed by atoms with Gasteiger partial charge < -0.3 is 25.5 Å². The second-order valence-electron chi connectivity index (χ2n) is 2.71. The van der Waals surface area contributed by atoms with Crippen LogP contribution in [0, 0.1) is 0 Å². The average Bonchev–Trinajstić information content (AvgIpc) is 2.22. The molecule has 0 radical (unpaired) electrons. The van der Waals surface area contributed by atoms with E-state index in [0.717, 1.165) is 0 Å². The molecule has 0 aliphatic heterocycles. The Morgan fingerprint density at radius 1 is 1.07 bits per heavy atom. The number of azide groups is 1. The first-order valence-corrected chi connectivity index (χ1v) is 3.88. The van der Waals surface area contributed by atoms with Gasteiger partial charge in [-0.15, -0.1) is 0 Å². The highest BCUT2D eigenvalue weighted by molar-refractivity contribution is 4.81. The summed E-state index contributed by atoms with van der Waals surface area (Å²) in [6.07, 6.45) is -6.40. The van der Waals surface area contributed by atoms with Gasteiger partial charge in [0.15, 0.2) is 0 Å². The SMILES string of the molecule is C.[N-]=[N+]=NC[C@H](O)[C@@H](O)[C@H](O)[C@H](O)CO. The van der Waals surface area contributed by atoms with Gasteiger partial charge in [-0.3, -0.25) is 0 Å². The summed E-state index contributed by atoms with van der Waals surface area (Å²) in [5.41, 5.74) is 7.90. The molecule has 5 N–H and O–H groups in total. The maximum Gasteiger partial charge on any atom is 0.110 e. The molecule has 8 nitrogen and oxygen atoms in total. The molecule has 0 saturated heterocycles. The molecule has 0 aromatic carbocycles. The van der Waals surface area contributed by atoms with E-state index in [2.05, 4.69) is 10.0 Å². The maximum atomic E-state index is 9.16. The van der Waals surface area contributed by atoms with E-state index in [0.29, 0.717) is 0 Å². The summed E-state index contributed by atoms with van der Waals surface area (Å²) in [4.78, 5) is 2.34. The predicted molar refractivity (Wildman–Crippen MR) is 51.9 cm³/mol. The molecule has 8 heteroatoms. The van der Waals surface area contributed by atoms with Crippen molar-refractivity contribution in [2.45, 2.75) is 31.8 Å². The minimum atomic E-state index is -1.69. The molecule has 0 aliphatic rings. The van der Waals surface area contributed by atoms with Crippen molar-refractivity contribution in [3.63, 3.8) is 0 Å². The molecule has 15 heavy (non-hydrogen) atoms. The quantitative estimate of drug-likeness (QED) is 0.208. The minimum absolute atomic E-state index is 0. The van der Waals surface area contributed by atoms with Crippen molar-refractivity contribution >= 4 is 0 Å². The molecule has 0 rings (SSSR count). The third-order valence-corrected chi connectivity index (χ3v) is 1.66. The fraction of sp³-hybridized carbons (Fsp3) is 1.00. The number of rotatable bonds is 6. The smallest absolute Gasteiger partial charge is 0.110 e. The zero-order valence-electron chi connectivity index (χ0n) is 7.30. The summed E-state index contributed by atoms with van der Waals surface area (Å²) in [6, 6.07) is 0. The van der Waals surface area contributed by atoms with Gasteiger partial charge in [-0.25, -0.2) is 0 Å². The Kier molecular flexibility index (Phi) is 9.28. The van der Waals surface area contributed by atoms with E-state index in [1.54, 1.807) is 0 Å². The van der Waals surface area contributed by atoms with Crippen LogP contribution in [0.4, 0.5) is 0 Å². The van der Waals surface area contributed by atoms with Crippen molar-refractivity contribution in [2.75, 3.05) is 13.2 Å². The lowest BCUT2D eigenvalue weighted by molar-refractivity contribution is -0.112. The number of hydrogen-bond acceptors (Lipinski definition) is 6. The summed E-state index contributed by atoms with van der Waals surface area (Å²) in [6.45, 7) is -1.17. The molecule has 0 bridgehead atoms. The van der Waals surface area contributed by atoms with Crippen LogP contribution in [0.25, 0.3) is 10.4 Å². The van der Waals surface area contributed by atoms with Crippen LogP contribution >= 0.6 is 0 Å². The largest absolute Gasteiger partial charge is 0.394 e. The molecule has 0 aromatic rings. The van der Waals surface area contributed by atoms with Crippen molar-refractivity contribution in [3.8, 4) is 0 Å². The van der Waals surface area contributed by atoms with Gasteiger partial charge in [0.05, 0.1) is 19.3 Å². The van der Waals surface area contributed by atoms with Crippen LogP contribution < -0.4 is 0 Å². The highest BCUT2D eigenvalue weighted by Crippen LogP contribution is 2.05. The molecule has 0 heterocycles. The van der Waals surface area contributed by atoms with Crippen LogP contribution in [-0.2, 0) is 0 Å². The number of aliphatic hydroxyl groups is 5. The van der Waals surface area contributed by atoms with Crippen LogP contribution in [0.1, 0.15) is 7.43 Å². The zero-order valence-corrected chi connectivity index (χ0v) is 7.30. The molecular formula is C7H17N3O5. The highest BCUT2D eigenvalue weighted by atomic mass is 16.4. The number of aliphatic hydroxyl groups excluding tert-OH is 5. The fourth-order valence-electron chi connectivity index (χ4n) is 0.791. The highest BCUT2D eigenvalue weighted by Gasteiger charge is 2.29. The second kappa shape index (κ2) is 8.42. The molecule has 0 saturated carbocycles. The molecule has 0 fully saturated rings. The van der Waals surface area contributed by atoms with E-state index in [1.807, 2.05) is 0 Å². The lowest BCUT2D eigenvalue weighted by Gasteiger charge is -2.24. The van der Waals surface area contributed by atoms with Crippen molar-refractivity contribution in [3.05, 3.63) is 10.4 Å². The number of hydrogen-bond donors (Lipinski definition) is 5. The first-order valence-electron chi connectivity index (χ1n) is 3.88. The Morgan fingerprint density at radius 3 is 1.93 bits per heavy atom. The van der Waals surface area contributed by atoms with Gasteiger partial charge in [0.2, 0.25) is 0 Å². The normalized spacial score (nSPS) is 17.9. The fourth-order valence-corrected chi connectivity index (χ4v) is 0.791. The first kappa shape index (κ1) is 16.5. The topological polar surface area (TPSA) is 150 Å². The molecule has 0 spiro atoms. The van der Waals surface area contributed by atoms with E-state index in [-0.39, 0.29) is 7.43 Å². The van der Waals surface area contributed by atoms with Crippen molar-refractivity contribution in [1.82, 2.24) is 0 Å². The van der Waals surface area contributed by atoms with Gasteiger partial charge in [-0.05, 0) is 5.53 Å². The average molecular weight is 223 g/mol.